The first-order valence-corrected chi connectivity index (χ1v) is 7.90. The van der Waals surface area contributed by atoms with Crippen LogP contribution in [0, 0.1) is 5.92 Å². The van der Waals surface area contributed by atoms with E-state index in [-0.39, 0.29) is 12.3 Å². The highest BCUT2D eigenvalue weighted by Gasteiger charge is 2.24. The average molecular weight is 294 g/mol. The molecule has 0 saturated heterocycles. The van der Waals surface area contributed by atoms with Crippen LogP contribution in [-0.4, -0.2) is 43.7 Å². The van der Waals surface area contributed by atoms with Crippen molar-refractivity contribution in [2.24, 2.45) is 5.92 Å². The van der Waals surface area contributed by atoms with Gasteiger partial charge < -0.3 is 10.4 Å². The van der Waals surface area contributed by atoms with Crippen LogP contribution in [0.25, 0.3) is 0 Å². The molecule has 19 heavy (non-hydrogen) atoms. The van der Waals surface area contributed by atoms with Crippen molar-refractivity contribution in [1.82, 2.24) is 10.0 Å². The first kappa shape index (κ1) is 17.8. The third kappa shape index (κ3) is 9.43. The predicted octanol–water partition coefficient (Wildman–Crippen LogP) is -0.0703. The third-order valence-electron chi connectivity index (χ3n) is 2.25. The Hall–Kier alpha value is -1.15. The number of sulfonamides is 1. The normalized spacial score (nSPS) is 15.0. The van der Waals surface area contributed by atoms with E-state index in [1.807, 2.05) is 13.8 Å². The molecule has 0 heterocycles. The van der Waals surface area contributed by atoms with Crippen LogP contribution < -0.4 is 10.0 Å². The minimum atomic E-state index is -3.50. The number of amides is 1. The minimum absolute atomic E-state index is 0.125. The number of carbonyl (C=O) groups is 2. The molecule has 0 aromatic heterocycles. The summed E-state index contributed by atoms with van der Waals surface area (Å²) in [5, 5.41) is 11.1. The maximum Gasteiger partial charge on any atom is 0.305 e. The SMILES string of the molecule is CC(C)CC(NS(C)(=O)=O)C(=O)NC(C)CC(=O)O. The van der Waals surface area contributed by atoms with Gasteiger partial charge >= 0.3 is 5.97 Å². The van der Waals surface area contributed by atoms with Crippen LogP contribution in [0.4, 0.5) is 0 Å². The molecule has 8 heteroatoms. The molecule has 0 radical (unpaired) electrons. The molecule has 0 spiro atoms. The summed E-state index contributed by atoms with van der Waals surface area (Å²) >= 11 is 0. The van der Waals surface area contributed by atoms with Crippen LogP contribution in [0.3, 0.4) is 0 Å². The number of hydrogen-bond donors (Lipinski definition) is 3. The van der Waals surface area contributed by atoms with Crippen molar-refractivity contribution >= 4 is 21.9 Å². The molecule has 1 amide bonds. The molecule has 0 rings (SSSR count). The van der Waals surface area contributed by atoms with Gasteiger partial charge in [0.15, 0.2) is 0 Å². The molecular weight excluding hydrogens is 272 g/mol. The van der Waals surface area contributed by atoms with Crippen LogP contribution in [0.1, 0.15) is 33.6 Å². The lowest BCUT2D eigenvalue weighted by molar-refractivity contribution is -0.137. The molecule has 0 bridgehead atoms. The number of hydrogen-bond acceptors (Lipinski definition) is 4. The van der Waals surface area contributed by atoms with Gasteiger partial charge in [-0.15, -0.1) is 0 Å². The summed E-state index contributed by atoms with van der Waals surface area (Å²) in [6.45, 7) is 5.29. The Balaban J connectivity index is 4.67. The van der Waals surface area contributed by atoms with Gasteiger partial charge in [0.05, 0.1) is 12.7 Å². The number of aliphatic carboxylic acids is 1. The highest BCUT2D eigenvalue weighted by molar-refractivity contribution is 7.88. The molecule has 3 N–H and O–H groups in total. The number of nitrogens with one attached hydrogen (secondary N) is 2. The highest BCUT2D eigenvalue weighted by Crippen LogP contribution is 2.06. The summed E-state index contributed by atoms with van der Waals surface area (Å²) in [5.41, 5.74) is 0. The van der Waals surface area contributed by atoms with Gasteiger partial charge in [0.2, 0.25) is 15.9 Å². The molecule has 2 unspecified atom stereocenters. The average Bonchev–Trinajstić information content (AvgIpc) is 2.11. The van der Waals surface area contributed by atoms with Crippen molar-refractivity contribution in [3.8, 4) is 0 Å². The van der Waals surface area contributed by atoms with Crippen LogP contribution in [0.2, 0.25) is 0 Å². The van der Waals surface area contributed by atoms with Crippen molar-refractivity contribution in [3.05, 3.63) is 0 Å². The molecule has 0 aromatic carbocycles. The second kappa shape index (κ2) is 7.44. The topological polar surface area (TPSA) is 113 Å². The van der Waals surface area contributed by atoms with Crippen molar-refractivity contribution in [2.75, 3.05) is 6.26 Å². The molecule has 0 aliphatic heterocycles. The Bertz CT molecular complexity index is 419. The van der Waals surface area contributed by atoms with Crippen LogP contribution >= 0.6 is 0 Å². The zero-order chi connectivity index (χ0) is 15.2. The van der Waals surface area contributed by atoms with Crippen molar-refractivity contribution in [3.63, 3.8) is 0 Å². The van der Waals surface area contributed by atoms with Gasteiger partial charge in [0.1, 0.15) is 6.04 Å². The Morgan fingerprint density at radius 2 is 1.74 bits per heavy atom. The molecule has 112 valence electrons. The fourth-order valence-corrected chi connectivity index (χ4v) is 2.31. The minimum Gasteiger partial charge on any atom is -0.481 e. The Kier molecular flexibility index (Phi) is 6.99. The molecule has 0 aliphatic carbocycles. The van der Waals surface area contributed by atoms with E-state index in [1.54, 1.807) is 6.92 Å². The summed E-state index contributed by atoms with van der Waals surface area (Å²) in [5.74, 6) is -1.41. The van der Waals surface area contributed by atoms with Gasteiger partial charge in [-0.25, -0.2) is 13.1 Å². The number of carbonyl (C=O) groups excluding carboxylic acids is 1. The van der Waals surface area contributed by atoms with Gasteiger partial charge in [-0.05, 0) is 19.3 Å². The second-order valence-electron chi connectivity index (χ2n) is 5.08. The molecule has 2 atom stereocenters. The lowest BCUT2D eigenvalue weighted by atomic mass is 10.0. The third-order valence-corrected chi connectivity index (χ3v) is 2.96. The first-order valence-electron chi connectivity index (χ1n) is 6.00. The van der Waals surface area contributed by atoms with Crippen molar-refractivity contribution in [2.45, 2.75) is 45.7 Å². The Labute approximate surface area is 113 Å². The lowest BCUT2D eigenvalue weighted by Crippen LogP contribution is -2.49. The highest BCUT2D eigenvalue weighted by atomic mass is 32.2. The summed E-state index contributed by atoms with van der Waals surface area (Å²) in [6.07, 6.45) is 1.12. The molecule has 0 aromatic rings. The smallest absolute Gasteiger partial charge is 0.305 e. The lowest BCUT2D eigenvalue weighted by Gasteiger charge is -2.21. The fraction of sp³-hybridized carbons (Fsp3) is 0.818. The van der Waals surface area contributed by atoms with E-state index in [0.717, 1.165) is 6.26 Å². The van der Waals surface area contributed by atoms with E-state index in [4.69, 9.17) is 5.11 Å². The molecule has 7 nitrogen and oxygen atoms in total. The van der Waals surface area contributed by atoms with E-state index >= 15 is 0 Å². The van der Waals surface area contributed by atoms with Crippen LogP contribution in [-0.2, 0) is 19.6 Å². The Morgan fingerprint density at radius 1 is 1.21 bits per heavy atom. The first-order chi connectivity index (χ1) is 8.51. The Morgan fingerprint density at radius 3 is 2.11 bits per heavy atom. The van der Waals surface area contributed by atoms with Gasteiger partial charge in [-0.1, -0.05) is 13.8 Å². The fourth-order valence-electron chi connectivity index (χ4n) is 1.59. The van der Waals surface area contributed by atoms with Crippen molar-refractivity contribution in [1.29, 1.82) is 0 Å². The maximum absolute atomic E-state index is 11.9. The molecule has 0 saturated carbocycles. The molecular formula is C11H22N2O5S. The van der Waals surface area contributed by atoms with E-state index in [2.05, 4.69) is 10.0 Å². The standard InChI is InChI=1S/C11H22N2O5S/c1-7(2)5-9(13-19(4,17)18)11(16)12-8(3)6-10(14)15/h7-9,13H,5-6H2,1-4H3,(H,12,16)(H,14,15). The van der Waals surface area contributed by atoms with Gasteiger partial charge in [0, 0.05) is 6.04 Å². The largest absolute Gasteiger partial charge is 0.481 e. The number of rotatable bonds is 8. The zero-order valence-electron chi connectivity index (χ0n) is 11.6. The summed E-state index contributed by atoms with van der Waals surface area (Å²) < 4.78 is 24.7. The quantitative estimate of drug-likeness (QED) is 0.580. The molecule has 0 aliphatic rings. The predicted molar refractivity (Wildman–Crippen MR) is 71.1 cm³/mol. The summed E-state index contributed by atoms with van der Waals surface area (Å²) in [6, 6.07) is -1.44. The van der Waals surface area contributed by atoms with Gasteiger partial charge in [-0.2, -0.15) is 0 Å². The molecule has 0 fully saturated rings. The monoisotopic (exact) mass is 294 g/mol. The van der Waals surface area contributed by atoms with E-state index in [9.17, 15) is 18.0 Å². The summed E-state index contributed by atoms with van der Waals surface area (Å²) in [4.78, 5) is 22.4. The number of carboxylic acid groups (broad SMARTS) is 1. The van der Waals surface area contributed by atoms with Gasteiger partial charge in [0.25, 0.3) is 0 Å². The van der Waals surface area contributed by atoms with Crippen LogP contribution in [0.15, 0.2) is 0 Å². The maximum atomic E-state index is 11.9. The van der Waals surface area contributed by atoms with Crippen molar-refractivity contribution < 1.29 is 23.1 Å². The number of carboxylic acids is 1. The van der Waals surface area contributed by atoms with E-state index in [1.165, 1.54) is 0 Å². The zero-order valence-corrected chi connectivity index (χ0v) is 12.5. The summed E-state index contributed by atoms with van der Waals surface area (Å²) in [7, 11) is -3.50. The van der Waals surface area contributed by atoms with E-state index in [0.29, 0.717) is 6.42 Å². The van der Waals surface area contributed by atoms with Crippen LogP contribution in [0.5, 0.6) is 0 Å². The van der Waals surface area contributed by atoms with E-state index < -0.39 is 34.0 Å². The van der Waals surface area contributed by atoms with Gasteiger partial charge in [-0.3, -0.25) is 9.59 Å². The second-order valence-corrected chi connectivity index (χ2v) is 6.86.